The lowest BCUT2D eigenvalue weighted by atomic mass is 10.1. The van der Waals surface area contributed by atoms with Crippen LogP contribution in [-0.2, 0) is 6.42 Å². The molecule has 0 amide bonds. The smallest absolute Gasteiger partial charge is 0.122 e. The van der Waals surface area contributed by atoms with Crippen LogP contribution in [0.2, 0.25) is 0 Å². The molecule has 0 unspecified atom stereocenters. The van der Waals surface area contributed by atoms with Gasteiger partial charge in [0.2, 0.25) is 0 Å². The highest BCUT2D eigenvalue weighted by Gasteiger charge is 2.15. The molecule has 88 valence electrons. The molecule has 0 saturated carbocycles. The molecule has 1 aromatic carbocycles. The van der Waals surface area contributed by atoms with E-state index in [0.717, 1.165) is 25.3 Å². The minimum Gasteiger partial charge on any atom is -0.493 e. The van der Waals surface area contributed by atoms with Crippen LogP contribution in [-0.4, -0.2) is 25.7 Å². The summed E-state index contributed by atoms with van der Waals surface area (Å²) in [7, 11) is 0. The first-order chi connectivity index (χ1) is 7.72. The topological polar surface area (TPSA) is 38.5 Å². The predicted octanol–water partition coefficient (Wildman–Crippen LogP) is 1.79. The van der Waals surface area contributed by atoms with Crippen LogP contribution in [0.5, 0.6) is 5.75 Å². The summed E-state index contributed by atoms with van der Waals surface area (Å²) < 4.78 is 5.51. The third-order valence-corrected chi connectivity index (χ3v) is 3.00. The van der Waals surface area contributed by atoms with Gasteiger partial charge >= 0.3 is 0 Å². The fourth-order valence-electron chi connectivity index (χ4n) is 2.18. The Labute approximate surface area is 97.2 Å². The van der Waals surface area contributed by atoms with Gasteiger partial charge in [0.05, 0.1) is 6.61 Å². The maximum atomic E-state index is 5.65. The number of benzene rings is 1. The zero-order valence-corrected chi connectivity index (χ0v) is 10.1. The lowest BCUT2D eigenvalue weighted by molar-refractivity contribution is 0.357. The molecule has 16 heavy (non-hydrogen) atoms. The fourth-order valence-corrected chi connectivity index (χ4v) is 2.18. The monoisotopic (exact) mass is 220 g/mol. The number of rotatable bonds is 4. The number of ether oxygens (including phenoxy) is 1. The van der Waals surface area contributed by atoms with E-state index in [4.69, 9.17) is 10.5 Å². The zero-order valence-electron chi connectivity index (χ0n) is 10.1. The first-order valence-corrected chi connectivity index (χ1v) is 5.95. The Bertz CT molecular complexity index is 363. The van der Waals surface area contributed by atoms with E-state index in [0.29, 0.717) is 12.6 Å². The van der Waals surface area contributed by atoms with Crippen molar-refractivity contribution in [2.75, 3.05) is 24.6 Å². The van der Waals surface area contributed by atoms with E-state index in [1.165, 1.54) is 11.3 Å². The SMILES string of the molecule is CC(C)N(CCN)c1ccc2c(c1)CCO2. The molecule has 1 aliphatic rings. The molecule has 0 atom stereocenters. The number of fused-ring (bicyclic) bond motifs is 1. The minimum atomic E-state index is 0.476. The molecular formula is C13H20N2O. The lowest BCUT2D eigenvalue weighted by Crippen LogP contribution is -2.35. The van der Waals surface area contributed by atoms with Crippen molar-refractivity contribution in [1.82, 2.24) is 0 Å². The molecule has 0 aromatic heterocycles. The van der Waals surface area contributed by atoms with Crippen LogP contribution in [0.4, 0.5) is 5.69 Å². The van der Waals surface area contributed by atoms with Gasteiger partial charge < -0.3 is 15.4 Å². The van der Waals surface area contributed by atoms with Gasteiger partial charge in [-0.25, -0.2) is 0 Å². The van der Waals surface area contributed by atoms with E-state index in [1.807, 2.05) is 0 Å². The molecule has 0 fully saturated rings. The number of nitrogens with zero attached hydrogens (tertiary/aromatic N) is 1. The van der Waals surface area contributed by atoms with E-state index in [2.05, 4.69) is 36.9 Å². The second kappa shape index (κ2) is 4.74. The molecule has 2 N–H and O–H groups in total. The standard InChI is InChI=1S/C13H20N2O/c1-10(2)15(7-6-14)12-3-4-13-11(9-12)5-8-16-13/h3-4,9-10H,5-8,14H2,1-2H3. The Morgan fingerprint density at radius 3 is 2.94 bits per heavy atom. The van der Waals surface area contributed by atoms with Gasteiger partial charge in [-0.15, -0.1) is 0 Å². The molecule has 0 bridgehead atoms. The summed E-state index contributed by atoms with van der Waals surface area (Å²) in [5, 5.41) is 0. The maximum absolute atomic E-state index is 5.65. The van der Waals surface area contributed by atoms with Crippen LogP contribution in [0.1, 0.15) is 19.4 Å². The largest absolute Gasteiger partial charge is 0.493 e. The summed E-state index contributed by atoms with van der Waals surface area (Å²) in [6.45, 7) is 6.79. The van der Waals surface area contributed by atoms with Crippen LogP contribution >= 0.6 is 0 Å². The summed E-state index contributed by atoms with van der Waals surface area (Å²) in [4.78, 5) is 2.33. The summed E-state index contributed by atoms with van der Waals surface area (Å²) in [5.41, 5.74) is 8.22. The maximum Gasteiger partial charge on any atom is 0.122 e. The van der Waals surface area contributed by atoms with Gasteiger partial charge in [-0.05, 0) is 37.6 Å². The quantitative estimate of drug-likeness (QED) is 0.841. The molecule has 0 saturated heterocycles. The first kappa shape index (κ1) is 11.3. The highest BCUT2D eigenvalue weighted by Crippen LogP contribution is 2.30. The number of nitrogens with two attached hydrogens (primary N) is 1. The van der Waals surface area contributed by atoms with Crippen molar-refractivity contribution in [3.8, 4) is 5.75 Å². The first-order valence-electron chi connectivity index (χ1n) is 5.95. The van der Waals surface area contributed by atoms with E-state index in [1.54, 1.807) is 0 Å². The van der Waals surface area contributed by atoms with Gasteiger partial charge in [0.1, 0.15) is 5.75 Å². The van der Waals surface area contributed by atoms with Gasteiger partial charge in [0, 0.05) is 31.2 Å². The Balaban J connectivity index is 2.24. The summed E-state index contributed by atoms with van der Waals surface area (Å²) in [5.74, 6) is 1.04. The number of hydrogen-bond donors (Lipinski definition) is 1. The molecule has 2 rings (SSSR count). The van der Waals surface area contributed by atoms with E-state index < -0.39 is 0 Å². The van der Waals surface area contributed by atoms with Gasteiger partial charge in [-0.3, -0.25) is 0 Å². The normalized spacial score (nSPS) is 13.8. The molecule has 3 nitrogen and oxygen atoms in total. The third-order valence-electron chi connectivity index (χ3n) is 3.00. The molecule has 3 heteroatoms. The van der Waals surface area contributed by atoms with Crippen LogP contribution in [0.3, 0.4) is 0 Å². The third kappa shape index (κ3) is 2.14. The van der Waals surface area contributed by atoms with E-state index in [9.17, 15) is 0 Å². The molecule has 1 aliphatic heterocycles. The lowest BCUT2D eigenvalue weighted by Gasteiger charge is -2.28. The van der Waals surface area contributed by atoms with Crippen LogP contribution in [0.15, 0.2) is 18.2 Å². The number of hydrogen-bond acceptors (Lipinski definition) is 3. The Hall–Kier alpha value is -1.22. The average Bonchev–Trinajstić information content (AvgIpc) is 2.72. The fraction of sp³-hybridized carbons (Fsp3) is 0.538. The number of anilines is 1. The van der Waals surface area contributed by atoms with Gasteiger partial charge in [0.25, 0.3) is 0 Å². The Morgan fingerprint density at radius 2 is 2.25 bits per heavy atom. The summed E-state index contributed by atoms with van der Waals surface area (Å²) in [6.07, 6.45) is 1.03. The van der Waals surface area contributed by atoms with Crippen molar-refractivity contribution >= 4 is 5.69 Å². The molecule has 1 aromatic rings. The van der Waals surface area contributed by atoms with E-state index >= 15 is 0 Å². The Kier molecular flexibility index (Phi) is 3.34. The molecule has 0 radical (unpaired) electrons. The molecule has 1 heterocycles. The Morgan fingerprint density at radius 1 is 1.44 bits per heavy atom. The second-order valence-corrected chi connectivity index (χ2v) is 4.47. The van der Waals surface area contributed by atoms with Crippen molar-refractivity contribution in [1.29, 1.82) is 0 Å². The van der Waals surface area contributed by atoms with Crippen LogP contribution in [0.25, 0.3) is 0 Å². The van der Waals surface area contributed by atoms with Crippen molar-refractivity contribution in [2.24, 2.45) is 5.73 Å². The van der Waals surface area contributed by atoms with Crippen molar-refractivity contribution < 1.29 is 4.74 Å². The zero-order chi connectivity index (χ0) is 11.5. The summed E-state index contributed by atoms with van der Waals surface area (Å²) in [6, 6.07) is 6.91. The van der Waals surface area contributed by atoms with Gasteiger partial charge in [-0.2, -0.15) is 0 Å². The highest BCUT2D eigenvalue weighted by atomic mass is 16.5. The molecule has 0 aliphatic carbocycles. The van der Waals surface area contributed by atoms with Crippen LogP contribution in [0, 0.1) is 0 Å². The van der Waals surface area contributed by atoms with Gasteiger partial charge in [0.15, 0.2) is 0 Å². The predicted molar refractivity (Wildman–Crippen MR) is 67.2 cm³/mol. The molecular weight excluding hydrogens is 200 g/mol. The summed E-state index contributed by atoms with van der Waals surface area (Å²) >= 11 is 0. The minimum absolute atomic E-state index is 0.476. The van der Waals surface area contributed by atoms with Crippen molar-refractivity contribution in [3.63, 3.8) is 0 Å². The van der Waals surface area contributed by atoms with Gasteiger partial charge in [-0.1, -0.05) is 0 Å². The van der Waals surface area contributed by atoms with Crippen molar-refractivity contribution in [2.45, 2.75) is 26.3 Å². The van der Waals surface area contributed by atoms with Crippen molar-refractivity contribution in [3.05, 3.63) is 23.8 Å². The second-order valence-electron chi connectivity index (χ2n) is 4.47. The molecule has 0 spiro atoms. The average molecular weight is 220 g/mol. The van der Waals surface area contributed by atoms with Crippen LogP contribution < -0.4 is 15.4 Å². The highest BCUT2D eigenvalue weighted by molar-refractivity contribution is 5.54. The van der Waals surface area contributed by atoms with E-state index in [-0.39, 0.29) is 0 Å².